The molecule has 6 nitrogen and oxygen atoms in total. The van der Waals surface area contributed by atoms with Crippen molar-refractivity contribution < 1.29 is 23.7 Å². The van der Waals surface area contributed by atoms with Crippen molar-refractivity contribution in [2.45, 2.75) is 0 Å². The zero-order valence-corrected chi connectivity index (χ0v) is 14.0. The fourth-order valence-electron chi connectivity index (χ4n) is 3.55. The van der Waals surface area contributed by atoms with Gasteiger partial charge in [-0.1, -0.05) is 12.1 Å². The van der Waals surface area contributed by atoms with Gasteiger partial charge in [0.05, 0.1) is 5.56 Å². The molecule has 2 heterocycles. The standard InChI is InChI=1S/C20H15NO5/c1-21-19-13(12-4-5-16-20(15(12)8-22)26-10-23-16)3-2-11-6-17-18(7-14(11)19)25-9-24-17/h2-8,21H,9-10H2,1H3. The Labute approximate surface area is 149 Å². The molecule has 0 amide bonds. The first-order valence-corrected chi connectivity index (χ1v) is 8.22. The number of ether oxygens (including phenoxy) is 4. The molecule has 1 N–H and O–H groups in total. The number of aldehydes is 1. The second-order valence-electron chi connectivity index (χ2n) is 6.04. The Bertz CT molecular complexity index is 1060. The zero-order valence-electron chi connectivity index (χ0n) is 14.0. The number of anilines is 1. The second-order valence-corrected chi connectivity index (χ2v) is 6.04. The van der Waals surface area contributed by atoms with Crippen LogP contribution in [0.4, 0.5) is 5.69 Å². The van der Waals surface area contributed by atoms with E-state index in [1.165, 1.54) is 0 Å². The van der Waals surface area contributed by atoms with Crippen molar-refractivity contribution in [2.24, 2.45) is 0 Å². The van der Waals surface area contributed by atoms with Crippen LogP contribution in [0.3, 0.4) is 0 Å². The van der Waals surface area contributed by atoms with Gasteiger partial charge in [-0.3, -0.25) is 4.79 Å². The molecule has 6 heteroatoms. The van der Waals surface area contributed by atoms with E-state index in [0.29, 0.717) is 22.8 Å². The third-order valence-corrected chi connectivity index (χ3v) is 4.75. The molecule has 0 spiro atoms. The van der Waals surface area contributed by atoms with Crippen LogP contribution in [0.25, 0.3) is 21.9 Å². The van der Waals surface area contributed by atoms with E-state index in [-0.39, 0.29) is 13.6 Å². The van der Waals surface area contributed by atoms with Gasteiger partial charge in [-0.2, -0.15) is 0 Å². The molecule has 5 rings (SSSR count). The molecule has 0 aliphatic carbocycles. The van der Waals surface area contributed by atoms with Gasteiger partial charge in [0.2, 0.25) is 13.6 Å². The lowest BCUT2D eigenvalue weighted by atomic mass is 9.94. The van der Waals surface area contributed by atoms with Crippen molar-refractivity contribution in [2.75, 3.05) is 26.0 Å². The van der Waals surface area contributed by atoms with E-state index < -0.39 is 0 Å². The third-order valence-electron chi connectivity index (χ3n) is 4.75. The first-order chi connectivity index (χ1) is 12.8. The minimum absolute atomic E-state index is 0.125. The van der Waals surface area contributed by atoms with Gasteiger partial charge in [0.25, 0.3) is 0 Å². The highest BCUT2D eigenvalue weighted by atomic mass is 16.7. The van der Waals surface area contributed by atoms with Gasteiger partial charge in [-0.05, 0) is 35.2 Å². The third kappa shape index (κ3) is 2.02. The van der Waals surface area contributed by atoms with Gasteiger partial charge in [0.15, 0.2) is 29.3 Å². The van der Waals surface area contributed by atoms with Crippen LogP contribution in [0.5, 0.6) is 23.0 Å². The summed E-state index contributed by atoms with van der Waals surface area (Å²) in [5.41, 5.74) is 3.08. The fourth-order valence-corrected chi connectivity index (χ4v) is 3.55. The number of benzene rings is 3. The molecule has 2 aliphatic rings. The summed E-state index contributed by atoms with van der Waals surface area (Å²) >= 11 is 0. The highest BCUT2D eigenvalue weighted by Gasteiger charge is 2.23. The Morgan fingerprint density at radius 2 is 1.62 bits per heavy atom. The van der Waals surface area contributed by atoms with Crippen LogP contribution in [0.1, 0.15) is 10.4 Å². The van der Waals surface area contributed by atoms with E-state index in [2.05, 4.69) is 5.32 Å². The SMILES string of the molecule is CNc1c(-c2ccc3c(c2C=O)OCO3)ccc2cc3c(cc12)OCO3. The predicted octanol–water partition coefficient (Wildman–Crippen LogP) is 3.82. The molecule has 0 radical (unpaired) electrons. The molecule has 3 aromatic rings. The lowest BCUT2D eigenvalue weighted by Crippen LogP contribution is -1.98. The summed E-state index contributed by atoms with van der Waals surface area (Å²) in [6.07, 6.45) is 0.812. The lowest BCUT2D eigenvalue weighted by molar-refractivity contribution is 0.111. The molecule has 26 heavy (non-hydrogen) atoms. The summed E-state index contributed by atoms with van der Waals surface area (Å²) in [4.78, 5) is 11.8. The van der Waals surface area contributed by atoms with Gasteiger partial charge in [-0.25, -0.2) is 0 Å². The molecule has 3 aromatic carbocycles. The van der Waals surface area contributed by atoms with Crippen molar-refractivity contribution in [3.8, 4) is 34.1 Å². The molecular formula is C20H15NO5. The first-order valence-electron chi connectivity index (χ1n) is 8.22. The van der Waals surface area contributed by atoms with Gasteiger partial charge >= 0.3 is 0 Å². The minimum Gasteiger partial charge on any atom is -0.454 e. The van der Waals surface area contributed by atoms with Crippen molar-refractivity contribution in [3.63, 3.8) is 0 Å². The van der Waals surface area contributed by atoms with E-state index in [1.54, 1.807) is 0 Å². The molecule has 0 fully saturated rings. The molecule has 0 bridgehead atoms. The van der Waals surface area contributed by atoms with E-state index in [1.807, 2.05) is 43.4 Å². The molecule has 2 aliphatic heterocycles. The molecule has 0 saturated carbocycles. The van der Waals surface area contributed by atoms with Crippen molar-refractivity contribution in [1.82, 2.24) is 0 Å². The molecule has 0 saturated heterocycles. The number of carbonyl (C=O) groups is 1. The Balaban J connectivity index is 1.78. The topological polar surface area (TPSA) is 66.0 Å². The summed E-state index contributed by atoms with van der Waals surface area (Å²) in [7, 11) is 1.86. The Morgan fingerprint density at radius 1 is 0.885 bits per heavy atom. The molecule has 130 valence electrons. The molecule has 0 unspecified atom stereocenters. The monoisotopic (exact) mass is 349 g/mol. The smallest absolute Gasteiger partial charge is 0.231 e. The normalized spacial score (nSPS) is 13.9. The van der Waals surface area contributed by atoms with Crippen LogP contribution < -0.4 is 24.3 Å². The summed E-state index contributed by atoms with van der Waals surface area (Å²) in [5, 5.41) is 5.28. The Morgan fingerprint density at radius 3 is 2.42 bits per heavy atom. The van der Waals surface area contributed by atoms with Crippen molar-refractivity contribution >= 4 is 22.7 Å². The van der Waals surface area contributed by atoms with Crippen LogP contribution in [-0.4, -0.2) is 26.9 Å². The van der Waals surface area contributed by atoms with Crippen LogP contribution in [0.2, 0.25) is 0 Å². The van der Waals surface area contributed by atoms with E-state index in [0.717, 1.165) is 39.6 Å². The van der Waals surface area contributed by atoms with Gasteiger partial charge in [0.1, 0.15) is 0 Å². The Kier molecular flexibility index (Phi) is 3.18. The maximum absolute atomic E-state index is 11.8. The number of hydrogen-bond donors (Lipinski definition) is 1. The molecule has 0 aromatic heterocycles. The predicted molar refractivity (Wildman–Crippen MR) is 96.6 cm³/mol. The number of rotatable bonds is 3. The molecular weight excluding hydrogens is 334 g/mol. The van der Waals surface area contributed by atoms with Crippen molar-refractivity contribution in [3.05, 3.63) is 42.0 Å². The van der Waals surface area contributed by atoms with Gasteiger partial charge in [0, 0.05) is 23.7 Å². The number of nitrogens with one attached hydrogen (secondary N) is 1. The summed E-state index contributed by atoms with van der Waals surface area (Å²) < 4.78 is 21.9. The summed E-state index contributed by atoms with van der Waals surface area (Å²) in [6.45, 7) is 0.352. The van der Waals surface area contributed by atoms with Crippen molar-refractivity contribution in [1.29, 1.82) is 0 Å². The van der Waals surface area contributed by atoms with Gasteiger partial charge in [-0.15, -0.1) is 0 Å². The lowest BCUT2D eigenvalue weighted by Gasteiger charge is -2.15. The van der Waals surface area contributed by atoms with E-state index >= 15 is 0 Å². The number of hydrogen-bond acceptors (Lipinski definition) is 6. The van der Waals surface area contributed by atoms with Gasteiger partial charge < -0.3 is 24.3 Å². The minimum atomic E-state index is 0.125. The highest BCUT2D eigenvalue weighted by molar-refractivity contribution is 6.06. The van der Waals surface area contributed by atoms with E-state index in [9.17, 15) is 4.79 Å². The van der Waals surface area contributed by atoms with Crippen LogP contribution >= 0.6 is 0 Å². The van der Waals surface area contributed by atoms with Crippen LogP contribution in [0, 0.1) is 0 Å². The quantitative estimate of drug-likeness (QED) is 0.725. The summed E-state index contributed by atoms with van der Waals surface area (Å²) in [5.74, 6) is 2.53. The molecule has 0 atom stereocenters. The number of fused-ring (bicyclic) bond motifs is 3. The summed E-state index contributed by atoms with van der Waals surface area (Å²) in [6, 6.07) is 11.6. The Hall–Kier alpha value is -3.41. The maximum atomic E-state index is 11.8. The maximum Gasteiger partial charge on any atom is 0.231 e. The highest BCUT2D eigenvalue weighted by Crippen LogP contribution is 2.45. The second kappa shape index (κ2) is 5.56. The van der Waals surface area contributed by atoms with E-state index in [4.69, 9.17) is 18.9 Å². The number of carbonyl (C=O) groups excluding carboxylic acids is 1. The average molecular weight is 349 g/mol. The van der Waals surface area contributed by atoms with Crippen LogP contribution in [-0.2, 0) is 0 Å². The fraction of sp³-hybridized carbons (Fsp3) is 0.150. The van der Waals surface area contributed by atoms with Crippen LogP contribution in [0.15, 0.2) is 36.4 Å². The first kappa shape index (κ1) is 14.9. The largest absolute Gasteiger partial charge is 0.454 e. The average Bonchev–Trinajstić information content (AvgIpc) is 3.33. The zero-order chi connectivity index (χ0) is 17.7.